The number of aliphatic hydroxyl groups excluding tert-OH is 1. The highest BCUT2D eigenvalue weighted by atomic mass is 16.5. The van der Waals surface area contributed by atoms with E-state index in [9.17, 15) is 5.11 Å². The first-order valence-electron chi connectivity index (χ1n) is 7.58. The Bertz CT molecular complexity index is 292. The van der Waals surface area contributed by atoms with Crippen LogP contribution in [0.3, 0.4) is 0 Å². The second-order valence-electron chi connectivity index (χ2n) is 5.50. The van der Waals surface area contributed by atoms with Gasteiger partial charge >= 0.3 is 0 Å². The Labute approximate surface area is 116 Å². The summed E-state index contributed by atoms with van der Waals surface area (Å²) in [6.07, 6.45) is 4.30. The average molecular weight is 269 g/mol. The van der Waals surface area contributed by atoms with Crippen LogP contribution in [-0.2, 0) is 4.74 Å². The molecule has 1 aliphatic carbocycles. The highest BCUT2D eigenvalue weighted by molar-refractivity contribution is 5.80. The van der Waals surface area contributed by atoms with Gasteiger partial charge in [0, 0.05) is 39.4 Å². The monoisotopic (exact) mass is 269 g/mol. The number of hydrogen-bond acceptors (Lipinski definition) is 3. The minimum atomic E-state index is -0.203. The van der Waals surface area contributed by atoms with Crippen molar-refractivity contribution in [2.24, 2.45) is 10.9 Å². The molecule has 1 atom stereocenters. The molecule has 1 heterocycles. The summed E-state index contributed by atoms with van der Waals surface area (Å²) in [6, 6.07) is 0. The van der Waals surface area contributed by atoms with E-state index in [1.165, 1.54) is 12.8 Å². The summed E-state index contributed by atoms with van der Waals surface area (Å²) in [6.45, 7) is 7.06. The van der Waals surface area contributed by atoms with Gasteiger partial charge in [0.05, 0.1) is 6.10 Å². The van der Waals surface area contributed by atoms with Gasteiger partial charge in [-0.3, -0.25) is 4.99 Å². The number of β-amino-alcohol motifs (C(OH)–C–C–N with tert-alkyl or cyclic N) is 1. The number of ether oxygens (including phenoxy) is 1. The maximum absolute atomic E-state index is 9.57. The minimum Gasteiger partial charge on any atom is -0.391 e. The van der Waals surface area contributed by atoms with Crippen molar-refractivity contribution in [2.75, 3.05) is 39.4 Å². The van der Waals surface area contributed by atoms with E-state index in [-0.39, 0.29) is 6.10 Å². The second-order valence-corrected chi connectivity index (χ2v) is 5.50. The SMILES string of the molecule is CCNC(=NCCCOCC1CC1)N1CC[C@@H](O)C1. The van der Waals surface area contributed by atoms with Crippen LogP contribution in [0.4, 0.5) is 0 Å². The van der Waals surface area contributed by atoms with Crippen LogP contribution in [0, 0.1) is 5.92 Å². The van der Waals surface area contributed by atoms with Crippen LogP contribution in [0.25, 0.3) is 0 Å². The Morgan fingerprint density at radius 3 is 2.89 bits per heavy atom. The van der Waals surface area contributed by atoms with Gasteiger partial charge in [0.2, 0.25) is 0 Å². The number of guanidine groups is 1. The van der Waals surface area contributed by atoms with E-state index in [4.69, 9.17) is 4.74 Å². The largest absolute Gasteiger partial charge is 0.391 e. The molecule has 0 aromatic carbocycles. The van der Waals surface area contributed by atoms with Crippen molar-refractivity contribution in [1.29, 1.82) is 0 Å². The molecule has 19 heavy (non-hydrogen) atoms. The van der Waals surface area contributed by atoms with E-state index in [1.807, 2.05) is 0 Å². The molecular formula is C14H27N3O2. The molecule has 1 saturated heterocycles. The van der Waals surface area contributed by atoms with Gasteiger partial charge in [0.15, 0.2) is 5.96 Å². The maximum atomic E-state index is 9.57. The fourth-order valence-corrected chi connectivity index (χ4v) is 2.25. The molecule has 2 N–H and O–H groups in total. The number of aliphatic imine (C=N–C) groups is 1. The third-order valence-electron chi connectivity index (χ3n) is 3.56. The highest BCUT2D eigenvalue weighted by Gasteiger charge is 2.22. The van der Waals surface area contributed by atoms with E-state index in [1.54, 1.807) is 0 Å². The zero-order valence-corrected chi connectivity index (χ0v) is 12.0. The predicted octanol–water partition coefficient (Wildman–Crippen LogP) is 0.835. The van der Waals surface area contributed by atoms with E-state index < -0.39 is 0 Å². The van der Waals surface area contributed by atoms with E-state index in [2.05, 4.69) is 22.1 Å². The average Bonchev–Trinajstić information content (AvgIpc) is 3.13. The zero-order valence-electron chi connectivity index (χ0n) is 12.0. The van der Waals surface area contributed by atoms with Gasteiger partial charge in [-0.25, -0.2) is 0 Å². The van der Waals surface area contributed by atoms with Gasteiger partial charge in [0.1, 0.15) is 0 Å². The van der Waals surface area contributed by atoms with Gasteiger partial charge in [0.25, 0.3) is 0 Å². The lowest BCUT2D eigenvalue weighted by Crippen LogP contribution is -2.40. The molecule has 1 aliphatic heterocycles. The van der Waals surface area contributed by atoms with Crippen LogP contribution < -0.4 is 5.32 Å². The molecule has 0 amide bonds. The van der Waals surface area contributed by atoms with Gasteiger partial charge in [-0.15, -0.1) is 0 Å². The molecule has 5 nitrogen and oxygen atoms in total. The van der Waals surface area contributed by atoms with Crippen molar-refractivity contribution < 1.29 is 9.84 Å². The van der Waals surface area contributed by atoms with Crippen LogP contribution in [0.5, 0.6) is 0 Å². The maximum Gasteiger partial charge on any atom is 0.194 e. The summed E-state index contributed by atoms with van der Waals surface area (Å²) in [5.74, 6) is 1.77. The Hall–Kier alpha value is -0.810. The summed E-state index contributed by atoms with van der Waals surface area (Å²) in [7, 11) is 0. The normalized spacial score (nSPS) is 24.0. The van der Waals surface area contributed by atoms with Crippen molar-refractivity contribution in [2.45, 2.75) is 38.7 Å². The molecule has 0 bridgehead atoms. The molecule has 0 radical (unpaired) electrons. The number of aliphatic hydroxyl groups is 1. The second kappa shape index (κ2) is 7.70. The summed E-state index contributed by atoms with van der Waals surface area (Å²) in [5, 5.41) is 12.9. The van der Waals surface area contributed by atoms with Crippen molar-refractivity contribution in [3.05, 3.63) is 0 Å². The van der Waals surface area contributed by atoms with Gasteiger partial charge < -0.3 is 20.1 Å². The summed E-state index contributed by atoms with van der Waals surface area (Å²) in [4.78, 5) is 6.74. The molecule has 110 valence electrons. The molecule has 2 aliphatic rings. The molecule has 0 unspecified atom stereocenters. The molecule has 1 saturated carbocycles. The van der Waals surface area contributed by atoms with Gasteiger partial charge in [-0.1, -0.05) is 0 Å². The summed E-state index contributed by atoms with van der Waals surface area (Å²) in [5.41, 5.74) is 0. The van der Waals surface area contributed by atoms with Crippen LogP contribution >= 0.6 is 0 Å². The lowest BCUT2D eigenvalue weighted by Gasteiger charge is -2.20. The van der Waals surface area contributed by atoms with E-state index in [0.717, 1.165) is 57.6 Å². The predicted molar refractivity (Wildman–Crippen MR) is 76.3 cm³/mol. The zero-order chi connectivity index (χ0) is 13.5. The number of likely N-dealkylation sites (tertiary alicyclic amines) is 1. The lowest BCUT2D eigenvalue weighted by atomic mass is 10.3. The minimum absolute atomic E-state index is 0.203. The van der Waals surface area contributed by atoms with Crippen LogP contribution in [0.15, 0.2) is 4.99 Å². The van der Waals surface area contributed by atoms with E-state index >= 15 is 0 Å². The Morgan fingerprint density at radius 2 is 2.26 bits per heavy atom. The number of nitrogens with zero attached hydrogens (tertiary/aromatic N) is 2. The fraction of sp³-hybridized carbons (Fsp3) is 0.929. The number of rotatable bonds is 7. The topological polar surface area (TPSA) is 57.1 Å². The third-order valence-corrected chi connectivity index (χ3v) is 3.56. The van der Waals surface area contributed by atoms with Crippen LogP contribution in [-0.4, -0.2) is 61.5 Å². The smallest absolute Gasteiger partial charge is 0.194 e. The molecule has 2 fully saturated rings. The Balaban J connectivity index is 1.63. The van der Waals surface area contributed by atoms with Crippen molar-refractivity contribution in [3.8, 4) is 0 Å². The molecule has 0 aromatic heterocycles. The fourth-order valence-electron chi connectivity index (χ4n) is 2.25. The standard InChI is InChI=1S/C14H27N3O2/c1-2-15-14(17-8-6-13(18)10-17)16-7-3-9-19-11-12-4-5-12/h12-13,18H,2-11H2,1H3,(H,15,16)/t13-/m1/s1. The number of hydrogen-bond donors (Lipinski definition) is 2. The van der Waals surface area contributed by atoms with E-state index in [0.29, 0.717) is 6.54 Å². The third kappa shape index (κ3) is 5.37. The number of nitrogens with one attached hydrogen (secondary N) is 1. The van der Waals surface area contributed by atoms with Crippen LogP contribution in [0.1, 0.15) is 32.6 Å². The molecule has 2 rings (SSSR count). The molecule has 0 spiro atoms. The van der Waals surface area contributed by atoms with Crippen molar-refractivity contribution in [3.63, 3.8) is 0 Å². The Morgan fingerprint density at radius 1 is 1.42 bits per heavy atom. The van der Waals surface area contributed by atoms with Crippen molar-refractivity contribution in [1.82, 2.24) is 10.2 Å². The van der Waals surface area contributed by atoms with Gasteiger partial charge in [-0.05, 0) is 38.5 Å². The first-order chi connectivity index (χ1) is 9.29. The molecule has 0 aromatic rings. The molecular weight excluding hydrogens is 242 g/mol. The first-order valence-corrected chi connectivity index (χ1v) is 7.58. The van der Waals surface area contributed by atoms with Gasteiger partial charge in [-0.2, -0.15) is 0 Å². The summed E-state index contributed by atoms with van der Waals surface area (Å²) < 4.78 is 5.60. The molecule has 5 heteroatoms. The quantitative estimate of drug-likeness (QED) is 0.408. The highest BCUT2D eigenvalue weighted by Crippen LogP contribution is 2.28. The first kappa shape index (κ1) is 14.6. The summed E-state index contributed by atoms with van der Waals surface area (Å²) >= 11 is 0. The lowest BCUT2D eigenvalue weighted by molar-refractivity contribution is 0.123. The Kier molecular flexibility index (Phi) is 5.92. The van der Waals surface area contributed by atoms with Crippen molar-refractivity contribution >= 4 is 5.96 Å². The van der Waals surface area contributed by atoms with Crippen LogP contribution in [0.2, 0.25) is 0 Å².